The van der Waals surface area contributed by atoms with E-state index in [0.29, 0.717) is 34.0 Å². The van der Waals surface area contributed by atoms with Gasteiger partial charge in [-0.15, -0.1) is 29.9 Å². The third-order valence-electron chi connectivity index (χ3n) is 5.71. The van der Waals surface area contributed by atoms with Crippen molar-refractivity contribution >= 4 is 40.3 Å². The van der Waals surface area contributed by atoms with Gasteiger partial charge in [0.25, 0.3) is 5.91 Å². The van der Waals surface area contributed by atoms with Crippen LogP contribution < -0.4 is 15.4 Å². The van der Waals surface area contributed by atoms with Gasteiger partial charge in [-0.25, -0.2) is 14.5 Å². The normalized spacial score (nSPS) is 11.4. The van der Waals surface area contributed by atoms with Gasteiger partial charge in [-0.2, -0.15) is 0 Å². The Kier molecular flexibility index (Phi) is 7.07. The number of amides is 1. The van der Waals surface area contributed by atoms with Crippen LogP contribution in [-0.2, 0) is 5.88 Å². The summed E-state index contributed by atoms with van der Waals surface area (Å²) in [6.07, 6.45) is -1.58. The molecule has 12 heteroatoms. The van der Waals surface area contributed by atoms with Crippen molar-refractivity contribution in [2.45, 2.75) is 19.2 Å². The molecule has 5 rings (SSSR count). The second kappa shape index (κ2) is 10.6. The van der Waals surface area contributed by atoms with E-state index in [-0.39, 0.29) is 23.3 Å². The first-order valence-electron chi connectivity index (χ1n) is 11.6. The van der Waals surface area contributed by atoms with E-state index in [4.69, 9.17) is 11.6 Å². The molecule has 2 N–H and O–H groups in total. The van der Waals surface area contributed by atoms with Crippen molar-refractivity contribution in [2.75, 3.05) is 10.6 Å². The Morgan fingerprint density at radius 3 is 2.56 bits per heavy atom. The van der Waals surface area contributed by atoms with Gasteiger partial charge < -0.3 is 15.4 Å². The van der Waals surface area contributed by atoms with Crippen LogP contribution in [0, 0.1) is 6.92 Å². The third kappa shape index (κ3) is 6.10. The summed E-state index contributed by atoms with van der Waals surface area (Å²) >= 11 is 5.90. The number of hydrogen-bond donors (Lipinski definition) is 2. The minimum Gasteiger partial charge on any atom is -0.406 e. The van der Waals surface area contributed by atoms with Crippen LogP contribution in [0.3, 0.4) is 0 Å². The van der Waals surface area contributed by atoms with Crippen molar-refractivity contribution in [3.8, 4) is 17.0 Å². The second-order valence-electron chi connectivity index (χ2n) is 8.49. The molecular formula is C27H20ClF3N6O2. The third-order valence-corrected chi connectivity index (χ3v) is 6.02. The molecule has 0 saturated heterocycles. The highest BCUT2D eigenvalue weighted by Gasteiger charge is 2.31. The highest BCUT2D eigenvalue weighted by atomic mass is 35.5. The van der Waals surface area contributed by atoms with E-state index in [9.17, 15) is 18.0 Å². The van der Waals surface area contributed by atoms with E-state index in [1.54, 1.807) is 35.0 Å². The van der Waals surface area contributed by atoms with Gasteiger partial charge in [0, 0.05) is 23.3 Å². The lowest BCUT2D eigenvalue weighted by Crippen LogP contribution is -2.16. The number of carbonyl (C=O) groups is 1. The molecule has 3 heterocycles. The molecule has 2 aromatic carbocycles. The number of aryl methyl sites for hydroxylation is 1. The van der Waals surface area contributed by atoms with Gasteiger partial charge in [-0.1, -0.05) is 12.1 Å². The van der Waals surface area contributed by atoms with E-state index >= 15 is 0 Å². The second-order valence-corrected chi connectivity index (χ2v) is 8.76. The average molecular weight is 553 g/mol. The van der Waals surface area contributed by atoms with Crippen LogP contribution in [0.1, 0.15) is 21.6 Å². The maximum absolute atomic E-state index is 12.7. The zero-order valence-corrected chi connectivity index (χ0v) is 21.1. The molecule has 0 aliphatic heterocycles. The van der Waals surface area contributed by atoms with Gasteiger partial charge in [0.2, 0.25) is 5.95 Å². The van der Waals surface area contributed by atoms with E-state index in [0.717, 1.165) is 11.1 Å². The van der Waals surface area contributed by atoms with Gasteiger partial charge in [0.05, 0.1) is 17.4 Å². The van der Waals surface area contributed by atoms with Crippen molar-refractivity contribution in [1.82, 2.24) is 19.6 Å². The van der Waals surface area contributed by atoms with Crippen LogP contribution in [-0.4, -0.2) is 31.9 Å². The number of halogens is 4. The lowest BCUT2D eigenvalue weighted by Gasteiger charge is -2.12. The molecule has 3 aromatic heterocycles. The Morgan fingerprint density at radius 1 is 1.08 bits per heavy atom. The first kappa shape index (κ1) is 26.0. The number of hydrogen-bond acceptors (Lipinski definition) is 6. The number of pyridine rings is 1. The predicted octanol–water partition coefficient (Wildman–Crippen LogP) is 6.73. The number of nitrogens with one attached hydrogen (secondary N) is 2. The van der Waals surface area contributed by atoms with Crippen LogP contribution in [0.2, 0.25) is 0 Å². The van der Waals surface area contributed by atoms with Crippen molar-refractivity contribution in [2.24, 2.45) is 0 Å². The maximum atomic E-state index is 12.7. The molecule has 0 atom stereocenters. The Hall–Kier alpha value is -4.64. The van der Waals surface area contributed by atoms with Crippen molar-refractivity contribution in [3.63, 3.8) is 0 Å². The number of ether oxygens (including phenoxy) is 1. The molecular weight excluding hydrogens is 533 g/mol. The zero-order valence-electron chi connectivity index (χ0n) is 20.3. The molecule has 198 valence electrons. The number of rotatable bonds is 7. The van der Waals surface area contributed by atoms with Crippen molar-refractivity contribution < 1.29 is 22.7 Å². The standard InChI is InChI=1S/C27H20ClF3N6O2/c1-16-4-5-17(14-28)13-22(16)34-25(38)21-11-8-19(15-32-21)33-26-35-24(23-3-2-12-37(23)36-26)18-6-9-20(10-7-18)39-27(29,30)31/h2-13,15H,14H2,1H3,(H,33,36)(H,34,38). The van der Waals surface area contributed by atoms with E-state index in [1.165, 1.54) is 30.5 Å². The van der Waals surface area contributed by atoms with Crippen LogP contribution in [0.15, 0.2) is 79.1 Å². The van der Waals surface area contributed by atoms with Crippen LogP contribution >= 0.6 is 11.6 Å². The number of carbonyl (C=O) groups excluding carboxylic acids is 1. The highest BCUT2D eigenvalue weighted by Crippen LogP contribution is 2.29. The molecule has 1 amide bonds. The summed E-state index contributed by atoms with van der Waals surface area (Å²) in [6, 6.07) is 17.8. The van der Waals surface area contributed by atoms with Crippen LogP contribution in [0.4, 0.5) is 30.5 Å². The highest BCUT2D eigenvalue weighted by molar-refractivity contribution is 6.17. The first-order valence-corrected chi connectivity index (χ1v) is 12.1. The van der Waals surface area contributed by atoms with Crippen LogP contribution in [0.5, 0.6) is 5.75 Å². The number of aromatic nitrogens is 4. The fraction of sp³-hybridized carbons (Fsp3) is 0.111. The molecule has 5 aromatic rings. The fourth-order valence-corrected chi connectivity index (χ4v) is 3.99. The summed E-state index contributed by atoms with van der Waals surface area (Å²) in [5, 5.41) is 10.3. The SMILES string of the molecule is Cc1ccc(CCl)cc1NC(=O)c1ccc(Nc2nc(-c3ccc(OC(F)(F)F)cc3)c3cccn3n2)cn1. The topological polar surface area (TPSA) is 93.4 Å². The summed E-state index contributed by atoms with van der Waals surface area (Å²) in [4.78, 5) is 21.5. The molecule has 39 heavy (non-hydrogen) atoms. The van der Waals surface area contributed by atoms with Gasteiger partial charge >= 0.3 is 6.36 Å². The first-order chi connectivity index (χ1) is 18.7. The van der Waals surface area contributed by atoms with Crippen LogP contribution in [0.25, 0.3) is 16.8 Å². The van der Waals surface area contributed by atoms with Crippen molar-refractivity contribution in [3.05, 3.63) is 95.9 Å². The smallest absolute Gasteiger partial charge is 0.406 e. The lowest BCUT2D eigenvalue weighted by atomic mass is 10.1. The van der Waals surface area contributed by atoms with E-state index in [2.05, 4.69) is 30.4 Å². The van der Waals surface area contributed by atoms with Gasteiger partial charge in [0.1, 0.15) is 17.1 Å². The molecule has 0 radical (unpaired) electrons. The number of fused-ring (bicyclic) bond motifs is 1. The lowest BCUT2D eigenvalue weighted by molar-refractivity contribution is -0.274. The minimum absolute atomic E-state index is 0.208. The Labute approximate surface area is 225 Å². The molecule has 0 spiro atoms. The van der Waals surface area contributed by atoms with E-state index < -0.39 is 6.36 Å². The molecule has 0 aliphatic carbocycles. The summed E-state index contributed by atoms with van der Waals surface area (Å²) in [6.45, 7) is 1.88. The minimum atomic E-state index is -4.78. The van der Waals surface area contributed by atoms with Gasteiger partial charge in [0.15, 0.2) is 0 Å². The van der Waals surface area contributed by atoms with Gasteiger partial charge in [-0.05, 0) is 72.6 Å². The summed E-state index contributed by atoms with van der Waals surface area (Å²) in [7, 11) is 0. The van der Waals surface area contributed by atoms with Crippen molar-refractivity contribution in [1.29, 1.82) is 0 Å². The molecule has 0 bridgehead atoms. The summed E-state index contributed by atoms with van der Waals surface area (Å²) in [5.41, 5.74) is 4.89. The quantitative estimate of drug-likeness (QED) is 0.217. The Bertz CT molecular complexity index is 1640. The molecule has 0 fully saturated rings. The molecule has 0 unspecified atom stereocenters. The molecule has 8 nitrogen and oxygen atoms in total. The largest absolute Gasteiger partial charge is 0.573 e. The zero-order chi connectivity index (χ0) is 27.6. The Balaban J connectivity index is 1.35. The fourth-order valence-electron chi connectivity index (χ4n) is 3.82. The molecule has 0 saturated carbocycles. The summed E-state index contributed by atoms with van der Waals surface area (Å²) < 4.78 is 43.1. The number of alkyl halides is 4. The number of anilines is 3. The number of nitrogens with zero attached hydrogens (tertiary/aromatic N) is 4. The molecule has 0 aliphatic rings. The van der Waals surface area contributed by atoms with Gasteiger partial charge in [-0.3, -0.25) is 4.79 Å². The van der Waals surface area contributed by atoms with E-state index in [1.807, 2.05) is 25.1 Å². The average Bonchev–Trinajstić information content (AvgIpc) is 3.38. The summed E-state index contributed by atoms with van der Waals surface area (Å²) in [5.74, 6) is -0.154. The maximum Gasteiger partial charge on any atom is 0.573 e. The Morgan fingerprint density at radius 2 is 1.87 bits per heavy atom. The monoisotopic (exact) mass is 552 g/mol. The number of benzene rings is 2. The predicted molar refractivity (Wildman–Crippen MR) is 141 cm³/mol.